The molecule has 178 valence electrons. The highest BCUT2D eigenvalue weighted by atomic mass is 32.2. The van der Waals surface area contributed by atoms with Gasteiger partial charge in [-0.05, 0) is 67.6 Å². The topological polar surface area (TPSA) is 104 Å². The van der Waals surface area contributed by atoms with Gasteiger partial charge in [-0.1, -0.05) is 18.6 Å². The average molecular weight is 492 g/mol. The molecule has 2 heterocycles. The molecular formula is C23H29N3O5S2. The van der Waals surface area contributed by atoms with E-state index in [0.29, 0.717) is 24.2 Å². The maximum absolute atomic E-state index is 12.8. The van der Waals surface area contributed by atoms with Crippen LogP contribution in [-0.2, 0) is 26.6 Å². The van der Waals surface area contributed by atoms with Gasteiger partial charge in [0.15, 0.2) is 0 Å². The predicted molar refractivity (Wildman–Crippen MR) is 125 cm³/mol. The number of hydrogen-bond donors (Lipinski definition) is 1. The van der Waals surface area contributed by atoms with Crippen LogP contribution in [0, 0.1) is 0 Å². The molecule has 0 saturated carbocycles. The molecule has 10 heteroatoms. The average Bonchev–Trinajstić information content (AvgIpc) is 3.38. The molecule has 0 aliphatic carbocycles. The van der Waals surface area contributed by atoms with Crippen molar-refractivity contribution in [2.75, 3.05) is 26.2 Å². The number of hydrogen-bond acceptors (Lipinski definition) is 5. The summed E-state index contributed by atoms with van der Waals surface area (Å²) in [6.45, 7) is 2.50. The zero-order chi connectivity index (χ0) is 23.5. The van der Waals surface area contributed by atoms with Crippen LogP contribution in [0.3, 0.4) is 0 Å². The van der Waals surface area contributed by atoms with Crippen molar-refractivity contribution in [1.82, 2.24) is 13.9 Å². The molecule has 1 amide bonds. The van der Waals surface area contributed by atoms with Gasteiger partial charge in [0.05, 0.1) is 9.79 Å². The quantitative estimate of drug-likeness (QED) is 0.641. The van der Waals surface area contributed by atoms with Crippen LogP contribution in [0.1, 0.15) is 48.0 Å². The Hall–Kier alpha value is -2.27. The summed E-state index contributed by atoms with van der Waals surface area (Å²) >= 11 is 0. The summed E-state index contributed by atoms with van der Waals surface area (Å²) in [6, 6.07) is 12.3. The Balaban J connectivity index is 1.43. The van der Waals surface area contributed by atoms with E-state index in [9.17, 15) is 21.6 Å². The van der Waals surface area contributed by atoms with E-state index in [1.54, 1.807) is 24.3 Å². The SMILES string of the molecule is O=C(c1cccc(CNS(=O)(=O)c2ccc(S(=O)(=O)N3CCCCC3)cc2)c1)N1CCCC1. The number of nitrogens with zero attached hydrogens (tertiary/aromatic N) is 2. The summed E-state index contributed by atoms with van der Waals surface area (Å²) in [7, 11) is -7.47. The van der Waals surface area contributed by atoms with E-state index in [4.69, 9.17) is 0 Å². The van der Waals surface area contributed by atoms with Crippen LogP contribution in [-0.4, -0.2) is 58.1 Å². The van der Waals surface area contributed by atoms with Crippen molar-refractivity contribution in [3.63, 3.8) is 0 Å². The van der Waals surface area contributed by atoms with E-state index in [0.717, 1.165) is 45.2 Å². The minimum atomic E-state index is -3.85. The van der Waals surface area contributed by atoms with Gasteiger partial charge >= 0.3 is 0 Å². The summed E-state index contributed by atoms with van der Waals surface area (Å²) in [4.78, 5) is 14.5. The molecule has 2 aliphatic rings. The molecule has 33 heavy (non-hydrogen) atoms. The molecule has 2 aromatic carbocycles. The maximum Gasteiger partial charge on any atom is 0.253 e. The zero-order valence-electron chi connectivity index (χ0n) is 18.4. The Bertz CT molecular complexity index is 1200. The van der Waals surface area contributed by atoms with Crippen molar-refractivity contribution in [3.8, 4) is 0 Å². The first kappa shape index (κ1) is 23.9. The molecule has 4 rings (SSSR count). The van der Waals surface area contributed by atoms with Crippen LogP contribution in [0.2, 0.25) is 0 Å². The summed E-state index contributed by atoms with van der Waals surface area (Å²) in [5.41, 5.74) is 1.22. The van der Waals surface area contributed by atoms with Crippen molar-refractivity contribution in [1.29, 1.82) is 0 Å². The standard InChI is InChI=1S/C23H29N3O5S2/c27-23(25-13-4-5-14-25)20-8-6-7-19(17-20)18-24-32(28,29)21-9-11-22(12-10-21)33(30,31)26-15-2-1-3-16-26/h6-12,17,24H,1-5,13-16,18H2. The van der Waals surface area contributed by atoms with Gasteiger partial charge in [0.1, 0.15) is 0 Å². The largest absolute Gasteiger partial charge is 0.339 e. The number of carbonyl (C=O) groups is 1. The van der Waals surface area contributed by atoms with Crippen molar-refractivity contribution >= 4 is 26.0 Å². The van der Waals surface area contributed by atoms with Crippen molar-refractivity contribution in [2.24, 2.45) is 0 Å². The first-order valence-corrected chi connectivity index (χ1v) is 14.2. The van der Waals surface area contributed by atoms with Gasteiger partial charge in [-0.25, -0.2) is 21.6 Å². The second-order valence-corrected chi connectivity index (χ2v) is 12.2. The molecule has 0 spiro atoms. The van der Waals surface area contributed by atoms with Crippen LogP contribution in [0.5, 0.6) is 0 Å². The lowest BCUT2D eigenvalue weighted by molar-refractivity contribution is 0.0792. The second kappa shape index (κ2) is 9.92. The molecule has 0 unspecified atom stereocenters. The fraction of sp³-hybridized carbons (Fsp3) is 0.435. The Labute approximate surface area is 195 Å². The van der Waals surface area contributed by atoms with E-state index < -0.39 is 20.0 Å². The first-order valence-electron chi connectivity index (χ1n) is 11.3. The van der Waals surface area contributed by atoms with Crippen LogP contribution in [0.25, 0.3) is 0 Å². The number of nitrogens with one attached hydrogen (secondary N) is 1. The molecule has 0 atom stereocenters. The minimum Gasteiger partial charge on any atom is -0.339 e. The third-order valence-corrected chi connectivity index (χ3v) is 9.45. The summed E-state index contributed by atoms with van der Waals surface area (Å²) in [5.74, 6) is -0.0392. The number of sulfonamides is 2. The monoisotopic (exact) mass is 491 g/mol. The second-order valence-electron chi connectivity index (χ2n) is 8.46. The van der Waals surface area contributed by atoms with Gasteiger partial charge in [-0.3, -0.25) is 4.79 Å². The van der Waals surface area contributed by atoms with Crippen molar-refractivity contribution in [3.05, 3.63) is 59.7 Å². The van der Waals surface area contributed by atoms with Crippen molar-refractivity contribution < 1.29 is 21.6 Å². The highest BCUT2D eigenvalue weighted by molar-refractivity contribution is 7.89. The minimum absolute atomic E-state index is 0.00982. The van der Waals surface area contributed by atoms with Gasteiger partial charge in [0.25, 0.3) is 5.91 Å². The lowest BCUT2D eigenvalue weighted by Gasteiger charge is -2.25. The van der Waals surface area contributed by atoms with Crippen molar-refractivity contribution in [2.45, 2.75) is 48.4 Å². The van der Waals surface area contributed by atoms with Crippen LogP contribution in [0.15, 0.2) is 58.3 Å². The number of likely N-dealkylation sites (tertiary alicyclic amines) is 1. The third-order valence-electron chi connectivity index (χ3n) is 6.12. The number of benzene rings is 2. The summed E-state index contributed by atoms with van der Waals surface area (Å²) < 4.78 is 55.0. The van der Waals surface area contributed by atoms with E-state index in [1.165, 1.54) is 28.6 Å². The number of piperidine rings is 1. The van der Waals surface area contributed by atoms with E-state index in [1.807, 2.05) is 4.90 Å². The molecule has 0 aromatic heterocycles. The maximum atomic E-state index is 12.8. The summed E-state index contributed by atoms with van der Waals surface area (Å²) in [6.07, 6.45) is 4.69. The van der Waals surface area contributed by atoms with E-state index >= 15 is 0 Å². The van der Waals surface area contributed by atoms with E-state index in [2.05, 4.69) is 4.72 Å². The number of rotatable bonds is 7. The number of amides is 1. The fourth-order valence-electron chi connectivity index (χ4n) is 4.22. The molecule has 2 aliphatic heterocycles. The molecular weight excluding hydrogens is 462 g/mol. The van der Waals surface area contributed by atoms with Crippen LogP contribution in [0.4, 0.5) is 0 Å². The zero-order valence-corrected chi connectivity index (χ0v) is 20.1. The fourth-order valence-corrected chi connectivity index (χ4v) is 6.76. The Morgan fingerprint density at radius 2 is 1.39 bits per heavy atom. The smallest absolute Gasteiger partial charge is 0.253 e. The lowest BCUT2D eigenvalue weighted by Crippen LogP contribution is -2.35. The lowest BCUT2D eigenvalue weighted by atomic mass is 10.1. The normalized spacial score (nSPS) is 17.9. The molecule has 8 nitrogen and oxygen atoms in total. The molecule has 2 saturated heterocycles. The molecule has 0 radical (unpaired) electrons. The van der Waals surface area contributed by atoms with Gasteiger partial charge in [0.2, 0.25) is 20.0 Å². The third kappa shape index (κ3) is 5.46. The molecule has 2 fully saturated rings. The van der Waals surface area contributed by atoms with Gasteiger partial charge < -0.3 is 4.90 Å². The van der Waals surface area contributed by atoms with Crippen LogP contribution < -0.4 is 4.72 Å². The Morgan fingerprint density at radius 1 is 0.788 bits per heavy atom. The highest BCUT2D eigenvalue weighted by Gasteiger charge is 2.26. The van der Waals surface area contributed by atoms with Crippen LogP contribution >= 0.6 is 0 Å². The van der Waals surface area contributed by atoms with E-state index in [-0.39, 0.29) is 22.2 Å². The molecule has 0 bridgehead atoms. The number of carbonyl (C=O) groups excluding carboxylic acids is 1. The van der Waals surface area contributed by atoms with Gasteiger partial charge in [0, 0.05) is 38.3 Å². The predicted octanol–water partition coefficient (Wildman–Crippen LogP) is 2.58. The first-order chi connectivity index (χ1) is 15.8. The Kier molecular flexibility index (Phi) is 7.18. The van der Waals surface area contributed by atoms with Gasteiger partial charge in [-0.15, -0.1) is 0 Å². The highest BCUT2D eigenvalue weighted by Crippen LogP contribution is 2.22. The summed E-state index contributed by atoms with van der Waals surface area (Å²) in [5, 5.41) is 0. The van der Waals surface area contributed by atoms with Gasteiger partial charge in [-0.2, -0.15) is 4.31 Å². The molecule has 1 N–H and O–H groups in total. The Morgan fingerprint density at radius 3 is 2.06 bits per heavy atom. The molecule has 2 aromatic rings.